The van der Waals surface area contributed by atoms with E-state index >= 15 is 0 Å². The van der Waals surface area contributed by atoms with E-state index in [9.17, 15) is 0 Å². The number of ether oxygens (including phenoxy) is 1. The SMILES string of the molecule is COc1ccc(-c2cc(C3CCNCC3)ccn2)cc1. The summed E-state index contributed by atoms with van der Waals surface area (Å²) in [6.45, 7) is 2.23. The Bertz CT molecular complexity index is 559. The van der Waals surface area contributed by atoms with Crippen molar-refractivity contribution in [2.24, 2.45) is 0 Å². The van der Waals surface area contributed by atoms with E-state index in [-0.39, 0.29) is 0 Å². The minimum absolute atomic E-state index is 0.663. The average Bonchev–Trinajstić information content (AvgIpc) is 2.56. The molecule has 1 N–H and O–H groups in total. The van der Waals surface area contributed by atoms with Crippen molar-refractivity contribution in [1.29, 1.82) is 0 Å². The van der Waals surface area contributed by atoms with Crippen LogP contribution in [0, 0.1) is 0 Å². The minimum atomic E-state index is 0.663. The summed E-state index contributed by atoms with van der Waals surface area (Å²) in [7, 11) is 1.69. The van der Waals surface area contributed by atoms with Crippen LogP contribution in [0.15, 0.2) is 42.6 Å². The third-order valence-corrected chi connectivity index (χ3v) is 3.98. The van der Waals surface area contributed by atoms with Crippen LogP contribution in [0.25, 0.3) is 11.3 Å². The summed E-state index contributed by atoms with van der Waals surface area (Å²) >= 11 is 0. The predicted octanol–water partition coefficient (Wildman–Crippen LogP) is 3.22. The third-order valence-electron chi connectivity index (χ3n) is 3.98. The summed E-state index contributed by atoms with van der Waals surface area (Å²) in [5.74, 6) is 1.54. The molecule has 0 amide bonds. The van der Waals surface area contributed by atoms with Crippen molar-refractivity contribution in [3.05, 3.63) is 48.2 Å². The van der Waals surface area contributed by atoms with E-state index in [0.29, 0.717) is 5.92 Å². The molecule has 0 unspecified atom stereocenters. The van der Waals surface area contributed by atoms with Gasteiger partial charge in [0.1, 0.15) is 5.75 Å². The molecule has 20 heavy (non-hydrogen) atoms. The van der Waals surface area contributed by atoms with Crippen LogP contribution >= 0.6 is 0 Å². The Morgan fingerprint density at radius 3 is 2.55 bits per heavy atom. The molecule has 1 aromatic heterocycles. The van der Waals surface area contributed by atoms with Crippen molar-refractivity contribution >= 4 is 0 Å². The highest BCUT2D eigenvalue weighted by atomic mass is 16.5. The Labute approximate surface area is 120 Å². The van der Waals surface area contributed by atoms with Gasteiger partial charge in [-0.25, -0.2) is 0 Å². The van der Waals surface area contributed by atoms with Crippen molar-refractivity contribution in [3.63, 3.8) is 0 Å². The maximum Gasteiger partial charge on any atom is 0.118 e. The Kier molecular flexibility index (Phi) is 3.97. The van der Waals surface area contributed by atoms with Gasteiger partial charge in [0.2, 0.25) is 0 Å². The second-order valence-corrected chi connectivity index (χ2v) is 5.23. The fraction of sp³-hybridized carbons (Fsp3) is 0.353. The normalized spacial score (nSPS) is 16.1. The van der Waals surface area contributed by atoms with Gasteiger partial charge in [0.15, 0.2) is 0 Å². The molecule has 0 spiro atoms. The zero-order valence-corrected chi connectivity index (χ0v) is 11.8. The Balaban J connectivity index is 1.85. The van der Waals surface area contributed by atoms with Gasteiger partial charge in [-0.15, -0.1) is 0 Å². The molecule has 2 aromatic rings. The van der Waals surface area contributed by atoms with E-state index < -0.39 is 0 Å². The first-order chi connectivity index (χ1) is 9.86. The third kappa shape index (κ3) is 2.83. The molecule has 2 heterocycles. The van der Waals surface area contributed by atoms with Gasteiger partial charge in [-0.3, -0.25) is 4.98 Å². The summed E-state index contributed by atoms with van der Waals surface area (Å²) in [4.78, 5) is 4.50. The maximum absolute atomic E-state index is 5.20. The largest absolute Gasteiger partial charge is 0.497 e. The number of piperidine rings is 1. The van der Waals surface area contributed by atoms with E-state index in [1.807, 2.05) is 18.3 Å². The van der Waals surface area contributed by atoms with Crippen LogP contribution in [0.1, 0.15) is 24.3 Å². The summed E-state index contributed by atoms with van der Waals surface area (Å²) in [6, 6.07) is 12.5. The summed E-state index contributed by atoms with van der Waals surface area (Å²) < 4.78 is 5.20. The van der Waals surface area contributed by atoms with Crippen LogP contribution in [0.4, 0.5) is 0 Å². The first-order valence-corrected chi connectivity index (χ1v) is 7.18. The Morgan fingerprint density at radius 2 is 1.85 bits per heavy atom. The van der Waals surface area contributed by atoms with Crippen molar-refractivity contribution in [3.8, 4) is 17.0 Å². The minimum Gasteiger partial charge on any atom is -0.497 e. The van der Waals surface area contributed by atoms with E-state index in [1.165, 1.54) is 18.4 Å². The van der Waals surface area contributed by atoms with Crippen molar-refractivity contribution in [1.82, 2.24) is 10.3 Å². The number of benzene rings is 1. The lowest BCUT2D eigenvalue weighted by atomic mass is 9.90. The van der Waals surface area contributed by atoms with Crippen LogP contribution in [0.3, 0.4) is 0 Å². The molecular weight excluding hydrogens is 248 g/mol. The first-order valence-electron chi connectivity index (χ1n) is 7.18. The van der Waals surface area contributed by atoms with Crippen LogP contribution in [-0.4, -0.2) is 25.2 Å². The van der Waals surface area contributed by atoms with Gasteiger partial charge < -0.3 is 10.1 Å². The molecule has 104 valence electrons. The number of aromatic nitrogens is 1. The molecule has 1 fully saturated rings. The standard InChI is InChI=1S/C17H20N2O/c1-20-16-4-2-14(3-5-16)17-12-15(8-11-19-17)13-6-9-18-10-7-13/h2-5,8,11-13,18H,6-7,9-10H2,1H3. The quantitative estimate of drug-likeness (QED) is 0.928. The Morgan fingerprint density at radius 1 is 1.10 bits per heavy atom. The highest BCUT2D eigenvalue weighted by molar-refractivity contribution is 5.60. The number of hydrogen-bond donors (Lipinski definition) is 1. The number of pyridine rings is 1. The second-order valence-electron chi connectivity index (χ2n) is 5.23. The van der Waals surface area contributed by atoms with Gasteiger partial charge in [-0.2, -0.15) is 0 Å². The van der Waals surface area contributed by atoms with Crippen LogP contribution in [-0.2, 0) is 0 Å². The van der Waals surface area contributed by atoms with Crippen molar-refractivity contribution < 1.29 is 4.74 Å². The number of nitrogens with zero attached hydrogens (tertiary/aromatic N) is 1. The summed E-state index contributed by atoms with van der Waals surface area (Å²) in [5, 5.41) is 3.41. The van der Waals surface area contributed by atoms with E-state index in [2.05, 4.69) is 34.6 Å². The molecule has 0 bridgehead atoms. The number of nitrogens with one attached hydrogen (secondary N) is 1. The first kappa shape index (κ1) is 13.1. The van der Waals surface area contributed by atoms with E-state index in [0.717, 1.165) is 30.1 Å². The topological polar surface area (TPSA) is 34.1 Å². The van der Waals surface area contributed by atoms with Gasteiger partial charge in [-0.1, -0.05) is 0 Å². The van der Waals surface area contributed by atoms with Gasteiger partial charge in [-0.05, 0) is 73.8 Å². The lowest BCUT2D eigenvalue weighted by Crippen LogP contribution is -2.26. The fourth-order valence-electron chi connectivity index (χ4n) is 2.78. The fourth-order valence-corrected chi connectivity index (χ4v) is 2.78. The molecular formula is C17H20N2O. The molecule has 3 rings (SSSR count). The van der Waals surface area contributed by atoms with Gasteiger partial charge >= 0.3 is 0 Å². The van der Waals surface area contributed by atoms with Gasteiger partial charge in [0.05, 0.1) is 12.8 Å². The zero-order chi connectivity index (χ0) is 13.8. The molecule has 0 aliphatic carbocycles. The smallest absolute Gasteiger partial charge is 0.118 e. The summed E-state index contributed by atoms with van der Waals surface area (Å²) in [5.41, 5.74) is 3.59. The molecule has 0 atom stereocenters. The maximum atomic E-state index is 5.20. The highest BCUT2D eigenvalue weighted by Crippen LogP contribution is 2.28. The number of methoxy groups -OCH3 is 1. The monoisotopic (exact) mass is 268 g/mol. The van der Waals surface area contributed by atoms with E-state index in [1.54, 1.807) is 7.11 Å². The molecule has 3 heteroatoms. The molecule has 1 aliphatic heterocycles. The molecule has 0 saturated carbocycles. The van der Waals surface area contributed by atoms with Crippen molar-refractivity contribution in [2.75, 3.05) is 20.2 Å². The predicted molar refractivity (Wildman–Crippen MR) is 81.1 cm³/mol. The van der Waals surface area contributed by atoms with Gasteiger partial charge in [0, 0.05) is 11.8 Å². The van der Waals surface area contributed by atoms with Crippen LogP contribution in [0.2, 0.25) is 0 Å². The lowest BCUT2D eigenvalue weighted by Gasteiger charge is -2.23. The number of hydrogen-bond acceptors (Lipinski definition) is 3. The highest BCUT2D eigenvalue weighted by Gasteiger charge is 2.15. The zero-order valence-electron chi connectivity index (χ0n) is 11.8. The molecule has 1 aliphatic rings. The second kappa shape index (κ2) is 6.06. The molecule has 3 nitrogen and oxygen atoms in total. The lowest BCUT2D eigenvalue weighted by molar-refractivity contribution is 0.415. The van der Waals surface area contributed by atoms with Crippen LogP contribution in [0.5, 0.6) is 5.75 Å². The summed E-state index contributed by atoms with van der Waals surface area (Å²) in [6.07, 6.45) is 4.36. The molecule has 1 saturated heterocycles. The molecule has 1 aromatic carbocycles. The molecule has 0 radical (unpaired) electrons. The number of rotatable bonds is 3. The van der Waals surface area contributed by atoms with E-state index in [4.69, 9.17) is 4.74 Å². The Hall–Kier alpha value is -1.87. The average molecular weight is 268 g/mol. The van der Waals surface area contributed by atoms with Gasteiger partial charge in [0.25, 0.3) is 0 Å². The van der Waals surface area contributed by atoms with Crippen molar-refractivity contribution in [2.45, 2.75) is 18.8 Å². The van der Waals surface area contributed by atoms with Crippen LogP contribution < -0.4 is 10.1 Å².